The summed E-state index contributed by atoms with van der Waals surface area (Å²) in [5.74, 6) is -2.02. The number of nitrogens with zero attached hydrogens (tertiary/aromatic N) is 1. The van der Waals surface area contributed by atoms with Crippen LogP contribution in [0.4, 0.5) is 8.78 Å². The largest absolute Gasteiger partial charge is 0.365 e. The Morgan fingerprint density at radius 1 is 1.35 bits per heavy atom. The van der Waals surface area contributed by atoms with Gasteiger partial charge in [-0.1, -0.05) is 11.6 Å². The molecule has 1 heterocycles. The van der Waals surface area contributed by atoms with Crippen molar-refractivity contribution in [3.8, 4) is 0 Å². The van der Waals surface area contributed by atoms with E-state index in [-0.39, 0.29) is 28.2 Å². The molecule has 0 radical (unpaired) electrons. The number of hydrogen-bond acceptors (Lipinski definition) is 2. The molecule has 0 saturated carbocycles. The Bertz CT molecular complexity index is 743. The summed E-state index contributed by atoms with van der Waals surface area (Å²) in [7, 11) is 0. The number of aromatic nitrogens is 1. The van der Waals surface area contributed by atoms with Gasteiger partial charge in [-0.3, -0.25) is 10.2 Å². The lowest BCUT2D eigenvalue weighted by Crippen LogP contribution is -2.30. The molecule has 0 spiro atoms. The van der Waals surface area contributed by atoms with Crippen LogP contribution in [0.15, 0.2) is 30.5 Å². The number of benzene rings is 1. The normalized spacial score (nSPS) is 10.6. The van der Waals surface area contributed by atoms with Crippen LogP contribution >= 0.6 is 11.6 Å². The molecular formula is C13H10ClF2N3O. The summed E-state index contributed by atoms with van der Waals surface area (Å²) < 4.78 is 27.9. The predicted molar refractivity (Wildman–Crippen MR) is 69.3 cm³/mol. The third-order valence-corrected chi connectivity index (χ3v) is 2.92. The Morgan fingerprint density at radius 2 is 2.05 bits per heavy atom. The van der Waals surface area contributed by atoms with Crippen molar-refractivity contribution in [1.82, 2.24) is 4.57 Å². The minimum Gasteiger partial charge on any atom is -0.365 e. The minimum atomic E-state index is -0.814. The lowest BCUT2D eigenvalue weighted by atomic mass is 10.2. The fourth-order valence-corrected chi connectivity index (χ4v) is 2.00. The molecule has 1 amide bonds. The Kier molecular flexibility index (Phi) is 3.85. The van der Waals surface area contributed by atoms with Crippen molar-refractivity contribution >= 4 is 17.5 Å². The van der Waals surface area contributed by atoms with Crippen LogP contribution in [0.2, 0.25) is 5.02 Å². The zero-order valence-corrected chi connectivity index (χ0v) is 10.9. The molecule has 0 aliphatic carbocycles. The average molecular weight is 298 g/mol. The second kappa shape index (κ2) is 5.42. The van der Waals surface area contributed by atoms with Crippen LogP contribution in [-0.2, 0) is 6.54 Å². The number of rotatable bonds is 3. The van der Waals surface area contributed by atoms with Gasteiger partial charge in [-0.25, -0.2) is 8.78 Å². The highest BCUT2D eigenvalue weighted by atomic mass is 35.5. The molecule has 2 aromatic rings. The summed E-state index contributed by atoms with van der Waals surface area (Å²) in [6.45, 7) is -0.136. The van der Waals surface area contributed by atoms with Crippen LogP contribution in [0.1, 0.15) is 15.9 Å². The molecule has 0 atom stereocenters. The van der Waals surface area contributed by atoms with E-state index in [2.05, 4.69) is 0 Å². The molecule has 3 N–H and O–H groups in total. The summed E-state index contributed by atoms with van der Waals surface area (Å²) in [4.78, 5) is 11.2. The first-order valence-corrected chi connectivity index (χ1v) is 5.94. The molecule has 1 aromatic heterocycles. The van der Waals surface area contributed by atoms with Crippen molar-refractivity contribution in [3.63, 3.8) is 0 Å². The molecule has 2 rings (SSSR count). The van der Waals surface area contributed by atoms with Gasteiger partial charge >= 0.3 is 0 Å². The Hall–Kier alpha value is -2.21. The van der Waals surface area contributed by atoms with Gasteiger partial charge in [0.2, 0.25) is 0 Å². The van der Waals surface area contributed by atoms with Gasteiger partial charge in [-0.15, -0.1) is 0 Å². The molecule has 1 aromatic carbocycles. The Morgan fingerprint density at radius 3 is 2.70 bits per heavy atom. The molecule has 0 aliphatic rings. The van der Waals surface area contributed by atoms with Gasteiger partial charge in [0.05, 0.1) is 17.1 Å². The first-order valence-electron chi connectivity index (χ1n) is 5.57. The topological polar surface area (TPSA) is 71.9 Å². The lowest BCUT2D eigenvalue weighted by molar-refractivity contribution is 0.0998. The number of halogens is 3. The van der Waals surface area contributed by atoms with E-state index in [1.54, 1.807) is 0 Å². The van der Waals surface area contributed by atoms with Gasteiger partial charge in [0, 0.05) is 11.8 Å². The smallest absolute Gasteiger partial charge is 0.252 e. The summed E-state index contributed by atoms with van der Waals surface area (Å²) in [5.41, 5.74) is 4.87. The molecule has 7 heteroatoms. The van der Waals surface area contributed by atoms with E-state index in [1.165, 1.54) is 16.8 Å². The maximum Gasteiger partial charge on any atom is 0.252 e. The average Bonchev–Trinajstić information content (AvgIpc) is 2.37. The number of nitrogens with two attached hydrogens (primary N) is 1. The number of amides is 1. The van der Waals surface area contributed by atoms with E-state index in [1.807, 2.05) is 0 Å². The molecule has 0 aliphatic heterocycles. The summed E-state index contributed by atoms with van der Waals surface area (Å²) in [6, 6.07) is 4.27. The predicted octanol–water partition coefficient (Wildman–Crippen LogP) is 2.05. The van der Waals surface area contributed by atoms with E-state index >= 15 is 0 Å². The Balaban J connectivity index is 2.51. The molecule has 0 saturated heterocycles. The molecule has 104 valence electrons. The summed E-state index contributed by atoms with van der Waals surface area (Å²) in [5, 5.41) is 8.01. The molecule has 0 unspecified atom stereocenters. The fraction of sp³-hybridized carbons (Fsp3) is 0.0769. The molecule has 20 heavy (non-hydrogen) atoms. The maximum absolute atomic E-state index is 13.6. The minimum absolute atomic E-state index is 0.0428. The van der Waals surface area contributed by atoms with Crippen molar-refractivity contribution < 1.29 is 13.6 Å². The monoisotopic (exact) mass is 297 g/mol. The zero-order chi connectivity index (χ0) is 14.9. The van der Waals surface area contributed by atoms with Crippen LogP contribution < -0.4 is 11.2 Å². The summed E-state index contributed by atoms with van der Waals surface area (Å²) >= 11 is 5.82. The van der Waals surface area contributed by atoms with Crippen molar-refractivity contribution in [1.29, 1.82) is 5.41 Å². The number of primary amides is 1. The van der Waals surface area contributed by atoms with Gasteiger partial charge in [0.15, 0.2) is 0 Å². The second-order valence-electron chi connectivity index (χ2n) is 4.15. The lowest BCUT2D eigenvalue weighted by Gasteiger charge is -2.10. The third-order valence-electron chi connectivity index (χ3n) is 2.72. The van der Waals surface area contributed by atoms with Crippen LogP contribution in [-0.4, -0.2) is 10.5 Å². The molecular weight excluding hydrogens is 288 g/mol. The van der Waals surface area contributed by atoms with Gasteiger partial charge in [0.1, 0.15) is 17.1 Å². The van der Waals surface area contributed by atoms with Crippen molar-refractivity contribution in [2.45, 2.75) is 6.54 Å². The molecule has 4 nitrogen and oxygen atoms in total. The molecule has 0 bridgehead atoms. The zero-order valence-electron chi connectivity index (χ0n) is 10.2. The number of carbonyl (C=O) groups is 1. The van der Waals surface area contributed by atoms with Gasteiger partial charge < -0.3 is 10.3 Å². The number of carbonyl (C=O) groups excluding carboxylic acids is 1. The second-order valence-corrected chi connectivity index (χ2v) is 4.58. The highest BCUT2D eigenvalue weighted by Gasteiger charge is 2.10. The van der Waals surface area contributed by atoms with E-state index < -0.39 is 17.5 Å². The standard InChI is InChI=1S/C13H10ClF2N3O/c14-8-4-10(13(18)20)12(17)19(6-8)5-7-3-9(15)1-2-11(7)16/h1-4,6,17H,5H2,(H2,18,20). The summed E-state index contributed by atoms with van der Waals surface area (Å²) in [6.07, 6.45) is 1.35. The van der Waals surface area contributed by atoms with Crippen molar-refractivity contribution in [2.75, 3.05) is 0 Å². The van der Waals surface area contributed by atoms with Crippen LogP contribution in [0.3, 0.4) is 0 Å². The highest BCUT2D eigenvalue weighted by molar-refractivity contribution is 6.30. The maximum atomic E-state index is 13.6. The van der Waals surface area contributed by atoms with E-state index in [0.29, 0.717) is 0 Å². The quantitative estimate of drug-likeness (QED) is 0.894. The van der Waals surface area contributed by atoms with Crippen LogP contribution in [0.5, 0.6) is 0 Å². The highest BCUT2D eigenvalue weighted by Crippen LogP contribution is 2.13. The van der Waals surface area contributed by atoms with Crippen LogP contribution in [0.25, 0.3) is 0 Å². The number of hydrogen-bond donors (Lipinski definition) is 2. The third kappa shape index (κ3) is 2.85. The van der Waals surface area contributed by atoms with Gasteiger partial charge in [-0.2, -0.15) is 0 Å². The fourth-order valence-electron chi connectivity index (χ4n) is 1.77. The van der Waals surface area contributed by atoms with Gasteiger partial charge in [0.25, 0.3) is 5.91 Å². The van der Waals surface area contributed by atoms with Crippen molar-refractivity contribution in [2.24, 2.45) is 5.73 Å². The first kappa shape index (κ1) is 14.2. The van der Waals surface area contributed by atoms with Gasteiger partial charge in [-0.05, 0) is 24.3 Å². The van der Waals surface area contributed by atoms with E-state index in [4.69, 9.17) is 22.7 Å². The molecule has 0 fully saturated rings. The SMILES string of the molecule is N=c1c(C(N)=O)cc(Cl)cn1Cc1cc(F)ccc1F. The van der Waals surface area contributed by atoms with Crippen LogP contribution in [0, 0.1) is 17.0 Å². The number of pyridine rings is 1. The first-order chi connectivity index (χ1) is 9.38. The van der Waals surface area contributed by atoms with Crippen molar-refractivity contribution in [3.05, 3.63) is 63.7 Å². The van der Waals surface area contributed by atoms with E-state index in [0.717, 1.165) is 18.2 Å². The number of nitrogens with one attached hydrogen (secondary N) is 1. The Labute approximate surface area is 117 Å². The van der Waals surface area contributed by atoms with E-state index in [9.17, 15) is 13.6 Å².